The number of rotatable bonds is 10. The van der Waals surface area contributed by atoms with Crippen LogP contribution in [0.15, 0.2) is 52.4 Å². The molecule has 2 aliphatic heterocycles. The summed E-state index contributed by atoms with van der Waals surface area (Å²) < 4.78 is 12.0. The fraction of sp³-hybridized carbons (Fsp3) is 0.531. The van der Waals surface area contributed by atoms with Crippen LogP contribution < -0.4 is 25.6 Å². The molecule has 10 nitrogen and oxygen atoms in total. The van der Waals surface area contributed by atoms with Gasteiger partial charge in [0.1, 0.15) is 12.1 Å². The lowest BCUT2D eigenvalue weighted by Crippen LogP contribution is -2.46. The van der Waals surface area contributed by atoms with E-state index in [0.29, 0.717) is 31.2 Å². The van der Waals surface area contributed by atoms with Crippen LogP contribution in [0.5, 0.6) is 5.75 Å². The molecule has 5 rings (SSSR count). The number of aliphatic hydroxyl groups excluding tert-OH is 1. The van der Waals surface area contributed by atoms with Gasteiger partial charge in [0.25, 0.3) is 5.91 Å². The average Bonchev–Trinajstić information content (AvgIpc) is 3.47. The molecule has 1 saturated carbocycles. The zero-order chi connectivity index (χ0) is 29.3. The molecular formula is C32H44N6O4. The van der Waals surface area contributed by atoms with Crippen molar-refractivity contribution in [3.8, 4) is 5.75 Å². The second kappa shape index (κ2) is 14.5. The number of aliphatic hydroxyl groups is 1. The van der Waals surface area contributed by atoms with Gasteiger partial charge in [-0.05, 0) is 74.2 Å². The molecule has 3 fully saturated rings. The summed E-state index contributed by atoms with van der Waals surface area (Å²) in [5.74, 6) is 1.15. The number of anilines is 2. The molecule has 2 unspecified atom stereocenters. The third kappa shape index (κ3) is 7.80. The summed E-state index contributed by atoms with van der Waals surface area (Å²) in [4.78, 5) is 25.5. The zero-order valence-corrected chi connectivity index (χ0v) is 24.5. The van der Waals surface area contributed by atoms with Gasteiger partial charge in [0.2, 0.25) is 0 Å². The smallest absolute Gasteiger partial charge is 0.251 e. The van der Waals surface area contributed by atoms with Crippen molar-refractivity contribution < 1.29 is 19.4 Å². The molecule has 2 aromatic rings. The highest BCUT2D eigenvalue weighted by molar-refractivity contribution is 5.94. The Morgan fingerprint density at radius 1 is 1.10 bits per heavy atom. The molecule has 3 aliphatic rings. The third-order valence-electron chi connectivity index (χ3n) is 8.53. The average molecular weight is 577 g/mol. The first-order chi connectivity index (χ1) is 20.5. The molecule has 10 heteroatoms. The van der Waals surface area contributed by atoms with Crippen molar-refractivity contribution in [2.24, 2.45) is 21.6 Å². The predicted octanol–water partition coefficient (Wildman–Crippen LogP) is 3.15. The number of nitrogens with one attached hydrogen (secondary N) is 1. The van der Waals surface area contributed by atoms with Crippen LogP contribution in [0.1, 0.15) is 48.0 Å². The number of carbonyl (C=O) groups excluding carboxylic acids is 1. The highest BCUT2D eigenvalue weighted by atomic mass is 16.5. The zero-order valence-electron chi connectivity index (χ0n) is 24.5. The highest BCUT2D eigenvalue weighted by Gasteiger charge is 2.27. The van der Waals surface area contributed by atoms with E-state index in [1.54, 1.807) is 0 Å². The number of amides is 1. The fourth-order valence-electron chi connectivity index (χ4n) is 6.05. The molecule has 1 amide bonds. The molecule has 1 aliphatic carbocycles. The third-order valence-corrected chi connectivity index (χ3v) is 8.53. The molecule has 2 heterocycles. The number of carbonyl (C=O) groups is 1. The summed E-state index contributed by atoms with van der Waals surface area (Å²) >= 11 is 0. The van der Waals surface area contributed by atoms with E-state index < -0.39 is 6.10 Å². The summed E-state index contributed by atoms with van der Waals surface area (Å²) in [6.07, 6.45) is 6.93. The molecule has 2 saturated heterocycles. The number of nitrogens with two attached hydrogens (primary N) is 1. The summed E-state index contributed by atoms with van der Waals surface area (Å²) in [5.41, 5.74) is 9.31. The molecule has 42 heavy (non-hydrogen) atoms. The van der Waals surface area contributed by atoms with Crippen LogP contribution in [0.2, 0.25) is 0 Å². The Morgan fingerprint density at radius 3 is 2.52 bits per heavy atom. The lowest BCUT2D eigenvalue weighted by molar-refractivity contribution is 0.0717. The Labute approximate surface area is 248 Å². The van der Waals surface area contributed by atoms with Crippen molar-refractivity contribution in [3.05, 3.63) is 53.6 Å². The van der Waals surface area contributed by atoms with Gasteiger partial charge in [0.15, 0.2) is 0 Å². The number of piperazine rings is 1. The minimum Gasteiger partial charge on any atom is -0.493 e. The Hall–Kier alpha value is -3.63. The molecule has 4 atom stereocenters. The van der Waals surface area contributed by atoms with Crippen molar-refractivity contribution in [2.45, 2.75) is 57.3 Å². The van der Waals surface area contributed by atoms with Gasteiger partial charge in [0, 0.05) is 49.0 Å². The topological polar surface area (TPSA) is 125 Å². The first-order valence-electron chi connectivity index (χ1n) is 15.2. The molecule has 4 N–H and O–H groups in total. The molecule has 0 bridgehead atoms. The van der Waals surface area contributed by atoms with Gasteiger partial charge in [-0.1, -0.05) is 12.8 Å². The van der Waals surface area contributed by atoms with Crippen LogP contribution >= 0.6 is 0 Å². The SMILES string of the molecule is Cc1cc(N2CCN(c3ccc(C(=O)NC4CCCCC4O)cc3)CC2)ccc1OC[C@@H]1CO[C@H](CN=CN=CN)C1. The normalized spacial score (nSPS) is 24.9. The maximum atomic E-state index is 12.7. The van der Waals surface area contributed by atoms with Crippen molar-refractivity contribution in [3.63, 3.8) is 0 Å². The van der Waals surface area contributed by atoms with Crippen LogP contribution in [0, 0.1) is 12.8 Å². The predicted molar refractivity (Wildman–Crippen MR) is 167 cm³/mol. The first-order valence-corrected chi connectivity index (χ1v) is 15.2. The quantitative estimate of drug-likeness (QED) is 0.293. The van der Waals surface area contributed by atoms with Crippen molar-refractivity contribution >= 4 is 30.0 Å². The molecule has 0 radical (unpaired) electrons. The lowest BCUT2D eigenvalue weighted by Gasteiger charge is -2.37. The van der Waals surface area contributed by atoms with Gasteiger partial charge in [-0.3, -0.25) is 9.79 Å². The molecule has 0 spiro atoms. The number of aryl methyl sites for hydroxylation is 1. The highest BCUT2D eigenvalue weighted by Crippen LogP contribution is 2.28. The Bertz CT molecular complexity index is 1230. The van der Waals surface area contributed by atoms with Crippen LogP contribution in [0.4, 0.5) is 11.4 Å². The fourth-order valence-corrected chi connectivity index (χ4v) is 6.05. The van der Waals surface area contributed by atoms with Crippen LogP contribution in [-0.4, -0.2) is 87.9 Å². The van der Waals surface area contributed by atoms with E-state index in [1.165, 1.54) is 18.4 Å². The van der Waals surface area contributed by atoms with Gasteiger partial charge in [0.05, 0.1) is 44.3 Å². The monoisotopic (exact) mass is 576 g/mol. The van der Waals surface area contributed by atoms with E-state index in [9.17, 15) is 9.90 Å². The van der Waals surface area contributed by atoms with Crippen LogP contribution in [-0.2, 0) is 4.74 Å². The van der Waals surface area contributed by atoms with Gasteiger partial charge in [-0.15, -0.1) is 0 Å². The van der Waals surface area contributed by atoms with Gasteiger partial charge in [-0.25, -0.2) is 4.99 Å². The molecule has 2 aromatic carbocycles. The van der Waals surface area contributed by atoms with E-state index in [0.717, 1.165) is 75.3 Å². The number of benzene rings is 2. The number of hydrogen-bond donors (Lipinski definition) is 3. The maximum absolute atomic E-state index is 12.7. The Kier molecular flexibility index (Phi) is 10.3. The van der Waals surface area contributed by atoms with E-state index in [2.05, 4.69) is 50.2 Å². The second-order valence-corrected chi connectivity index (χ2v) is 11.5. The van der Waals surface area contributed by atoms with E-state index >= 15 is 0 Å². The summed E-state index contributed by atoms with van der Waals surface area (Å²) in [7, 11) is 0. The van der Waals surface area contributed by atoms with Crippen LogP contribution in [0.25, 0.3) is 0 Å². The minimum absolute atomic E-state index is 0.101. The lowest BCUT2D eigenvalue weighted by atomic mass is 9.92. The first kappa shape index (κ1) is 29.8. The number of aliphatic imine (C=N–C) groups is 2. The minimum atomic E-state index is -0.444. The Morgan fingerprint density at radius 2 is 1.81 bits per heavy atom. The number of hydrogen-bond acceptors (Lipinski definition) is 7. The maximum Gasteiger partial charge on any atom is 0.251 e. The van der Waals surface area contributed by atoms with E-state index in [-0.39, 0.29) is 18.1 Å². The van der Waals surface area contributed by atoms with Crippen molar-refractivity contribution in [1.82, 2.24) is 5.32 Å². The Balaban J connectivity index is 1.06. The summed E-state index contributed by atoms with van der Waals surface area (Å²) in [6.45, 7) is 7.64. The second-order valence-electron chi connectivity index (χ2n) is 11.5. The number of nitrogens with zero attached hydrogens (tertiary/aromatic N) is 4. The van der Waals surface area contributed by atoms with E-state index in [4.69, 9.17) is 15.2 Å². The molecule has 226 valence electrons. The van der Waals surface area contributed by atoms with Gasteiger partial charge >= 0.3 is 0 Å². The van der Waals surface area contributed by atoms with Crippen LogP contribution in [0.3, 0.4) is 0 Å². The number of ether oxygens (including phenoxy) is 2. The van der Waals surface area contributed by atoms with Gasteiger partial charge in [-0.2, -0.15) is 0 Å². The molecule has 0 aromatic heterocycles. The summed E-state index contributed by atoms with van der Waals surface area (Å²) in [5, 5.41) is 13.2. The standard InChI is InChI=1S/C32H44N6O4/c1-23-16-27(10-11-31(23)42-20-24-17-28(41-19-24)18-34-22-35-21-33)38-14-12-37(13-15-38)26-8-6-25(7-9-26)32(40)36-29-4-2-3-5-30(29)39/h6-11,16,21-22,24,28-30,39H,2-5,12-15,17-20H2,1H3,(H,36,40)(H2,33,34,35)/t24-,28-,29?,30?/m0/s1. The van der Waals surface area contributed by atoms with Crippen molar-refractivity contribution in [2.75, 3.05) is 55.7 Å². The molecular weight excluding hydrogens is 532 g/mol. The van der Waals surface area contributed by atoms with Crippen molar-refractivity contribution in [1.29, 1.82) is 0 Å². The van der Waals surface area contributed by atoms with E-state index in [1.807, 2.05) is 24.3 Å². The summed E-state index contributed by atoms with van der Waals surface area (Å²) in [6, 6.07) is 14.1. The largest absolute Gasteiger partial charge is 0.493 e. The van der Waals surface area contributed by atoms with Gasteiger partial charge < -0.3 is 35.4 Å².